The lowest BCUT2D eigenvalue weighted by Gasteiger charge is -2.08. The van der Waals surface area contributed by atoms with E-state index in [9.17, 15) is 14.0 Å². The summed E-state index contributed by atoms with van der Waals surface area (Å²) in [5.74, 6) is -2.26. The van der Waals surface area contributed by atoms with Gasteiger partial charge in [0, 0.05) is 15.8 Å². The summed E-state index contributed by atoms with van der Waals surface area (Å²) in [6, 6.07) is 9.67. The van der Waals surface area contributed by atoms with Gasteiger partial charge in [-0.25, -0.2) is 14.0 Å². The summed E-state index contributed by atoms with van der Waals surface area (Å²) < 4.78 is 14.1. The molecule has 3 N–H and O–H groups in total. The molecule has 2 amide bonds. The number of aromatic carboxylic acids is 1. The summed E-state index contributed by atoms with van der Waals surface area (Å²) in [6.45, 7) is 0. The van der Waals surface area contributed by atoms with Gasteiger partial charge >= 0.3 is 12.0 Å². The van der Waals surface area contributed by atoms with Crippen LogP contribution in [0.2, 0.25) is 0 Å². The molecule has 108 valence electrons. The molecule has 0 atom stereocenters. The molecule has 0 spiro atoms. The average molecular weight is 353 g/mol. The molecular formula is C14H10BrFN2O3. The minimum atomic E-state index is -1.40. The van der Waals surface area contributed by atoms with Gasteiger partial charge in [-0.05, 0) is 42.5 Å². The molecular weight excluding hydrogens is 343 g/mol. The molecule has 0 saturated carbocycles. The van der Waals surface area contributed by atoms with Crippen LogP contribution >= 0.6 is 15.9 Å². The third-order valence-electron chi connectivity index (χ3n) is 2.56. The van der Waals surface area contributed by atoms with Gasteiger partial charge in [0.2, 0.25) is 0 Å². The van der Waals surface area contributed by atoms with Crippen LogP contribution in [-0.2, 0) is 0 Å². The van der Waals surface area contributed by atoms with E-state index in [0.29, 0.717) is 5.69 Å². The summed E-state index contributed by atoms with van der Waals surface area (Å²) in [5.41, 5.74) is 0.246. The zero-order valence-corrected chi connectivity index (χ0v) is 12.1. The van der Waals surface area contributed by atoms with Crippen molar-refractivity contribution in [2.75, 3.05) is 10.6 Å². The number of benzene rings is 2. The summed E-state index contributed by atoms with van der Waals surface area (Å²) in [6.07, 6.45) is 0. The lowest BCUT2D eigenvalue weighted by molar-refractivity contribution is 0.0692. The van der Waals surface area contributed by atoms with Gasteiger partial charge in [-0.2, -0.15) is 0 Å². The van der Waals surface area contributed by atoms with Crippen molar-refractivity contribution in [3.8, 4) is 0 Å². The second kappa shape index (κ2) is 6.36. The Labute approximate surface area is 127 Å². The topological polar surface area (TPSA) is 78.4 Å². The smallest absolute Gasteiger partial charge is 0.338 e. The van der Waals surface area contributed by atoms with E-state index >= 15 is 0 Å². The summed E-state index contributed by atoms with van der Waals surface area (Å²) >= 11 is 3.27. The number of carbonyl (C=O) groups excluding carboxylic acids is 1. The minimum Gasteiger partial charge on any atom is -0.478 e. The highest BCUT2D eigenvalue weighted by atomic mass is 79.9. The molecule has 5 nitrogen and oxygen atoms in total. The van der Waals surface area contributed by atoms with Crippen molar-refractivity contribution in [2.45, 2.75) is 0 Å². The molecule has 0 saturated heterocycles. The molecule has 0 unspecified atom stereocenters. The fourth-order valence-corrected chi connectivity index (χ4v) is 1.86. The molecule has 0 heterocycles. The van der Waals surface area contributed by atoms with Gasteiger partial charge in [0.25, 0.3) is 0 Å². The Morgan fingerprint density at radius 1 is 1.00 bits per heavy atom. The van der Waals surface area contributed by atoms with Gasteiger partial charge in [0.15, 0.2) is 0 Å². The number of carbonyl (C=O) groups is 2. The molecule has 0 bridgehead atoms. The fraction of sp³-hybridized carbons (Fsp3) is 0. The van der Waals surface area contributed by atoms with E-state index in [-0.39, 0.29) is 5.69 Å². The normalized spacial score (nSPS) is 10.0. The first-order valence-electron chi connectivity index (χ1n) is 5.82. The van der Waals surface area contributed by atoms with E-state index in [2.05, 4.69) is 26.6 Å². The van der Waals surface area contributed by atoms with Crippen LogP contribution in [0, 0.1) is 5.82 Å². The van der Waals surface area contributed by atoms with Crippen LogP contribution < -0.4 is 10.6 Å². The number of hydrogen-bond acceptors (Lipinski definition) is 2. The highest BCUT2D eigenvalue weighted by Gasteiger charge is 2.12. The standard InChI is InChI=1S/C14H10BrFN2O3/c15-8-1-3-9(4-2-8)17-14(21)18-10-5-6-12(16)11(7-10)13(19)20/h1-7H,(H,19,20)(H2,17,18,21). The minimum absolute atomic E-state index is 0.184. The largest absolute Gasteiger partial charge is 0.478 e. The molecule has 0 fully saturated rings. The van der Waals surface area contributed by atoms with Crippen LogP contribution in [0.5, 0.6) is 0 Å². The Morgan fingerprint density at radius 2 is 1.57 bits per heavy atom. The Balaban J connectivity index is 2.07. The van der Waals surface area contributed by atoms with Gasteiger partial charge in [-0.15, -0.1) is 0 Å². The predicted octanol–water partition coefficient (Wildman–Crippen LogP) is 3.93. The number of halogens is 2. The number of carboxylic acids is 1. The lowest BCUT2D eigenvalue weighted by atomic mass is 10.2. The first-order chi connectivity index (χ1) is 9.95. The highest BCUT2D eigenvalue weighted by molar-refractivity contribution is 9.10. The van der Waals surface area contributed by atoms with Crippen molar-refractivity contribution >= 4 is 39.3 Å². The molecule has 2 aromatic rings. The molecule has 2 aromatic carbocycles. The first-order valence-corrected chi connectivity index (χ1v) is 6.61. The summed E-state index contributed by atoms with van der Waals surface area (Å²) in [7, 11) is 0. The predicted molar refractivity (Wildman–Crippen MR) is 80.1 cm³/mol. The molecule has 21 heavy (non-hydrogen) atoms. The Kier molecular flexibility index (Phi) is 4.54. The maximum Gasteiger partial charge on any atom is 0.338 e. The van der Waals surface area contributed by atoms with Crippen LogP contribution in [0.25, 0.3) is 0 Å². The van der Waals surface area contributed by atoms with Gasteiger partial charge in [-0.3, -0.25) is 0 Å². The zero-order chi connectivity index (χ0) is 15.4. The quantitative estimate of drug-likeness (QED) is 0.782. The Morgan fingerprint density at radius 3 is 2.19 bits per heavy atom. The Hall–Kier alpha value is -2.41. The van der Waals surface area contributed by atoms with Crippen LogP contribution in [0.3, 0.4) is 0 Å². The number of hydrogen-bond donors (Lipinski definition) is 3. The molecule has 0 aliphatic heterocycles. The third kappa shape index (κ3) is 4.03. The molecule has 0 aliphatic carbocycles. The van der Waals surface area contributed by atoms with Gasteiger partial charge in [0.05, 0.1) is 5.56 Å². The van der Waals surface area contributed by atoms with E-state index in [4.69, 9.17) is 5.11 Å². The van der Waals surface area contributed by atoms with Crippen molar-refractivity contribution in [3.63, 3.8) is 0 Å². The van der Waals surface area contributed by atoms with Crippen molar-refractivity contribution in [3.05, 3.63) is 58.3 Å². The SMILES string of the molecule is O=C(Nc1ccc(Br)cc1)Nc1ccc(F)c(C(=O)O)c1. The number of rotatable bonds is 3. The maximum atomic E-state index is 13.2. The monoisotopic (exact) mass is 352 g/mol. The van der Waals surface area contributed by atoms with Crippen molar-refractivity contribution in [2.24, 2.45) is 0 Å². The van der Waals surface area contributed by atoms with Gasteiger partial charge in [-0.1, -0.05) is 15.9 Å². The summed E-state index contributed by atoms with van der Waals surface area (Å²) in [5, 5.41) is 13.8. The van der Waals surface area contributed by atoms with Crippen LogP contribution in [0.4, 0.5) is 20.6 Å². The fourth-order valence-electron chi connectivity index (χ4n) is 1.59. The van der Waals surface area contributed by atoms with Crippen molar-refractivity contribution in [1.29, 1.82) is 0 Å². The molecule has 0 aromatic heterocycles. The van der Waals surface area contributed by atoms with E-state index in [1.807, 2.05) is 0 Å². The van der Waals surface area contributed by atoms with E-state index in [1.54, 1.807) is 24.3 Å². The number of carboxylic acid groups (broad SMARTS) is 1. The van der Waals surface area contributed by atoms with Crippen LogP contribution in [-0.4, -0.2) is 17.1 Å². The molecule has 2 rings (SSSR count). The van der Waals surface area contributed by atoms with E-state index in [0.717, 1.165) is 16.6 Å². The highest BCUT2D eigenvalue weighted by Crippen LogP contribution is 2.17. The first kappa shape index (κ1) is 15.0. The van der Waals surface area contributed by atoms with Crippen molar-refractivity contribution < 1.29 is 19.1 Å². The average Bonchev–Trinajstić information content (AvgIpc) is 2.43. The Bertz CT molecular complexity index is 689. The van der Waals surface area contributed by atoms with E-state index in [1.165, 1.54) is 6.07 Å². The number of nitrogens with one attached hydrogen (secondary N) is 2. The number of amides is 2. The third-order valence-corrected chi connectivity index (χ3v) is 3.09. The second-order valence-electron chi connectivity index (χ2n) is 4.09. The molecule has 0 radical (unpaired) electrons. The van der Waals surface area contributed by atoms with Gasteiger partial charge < -0.3 is 15.7 Å². The van der Waals surface area contributed by atoms with E-state index < -0.39 is 23.4 Å². The molecule has 7 heteroatoms. The number of urea groups is 1. The van der Waals surface area contributed by atoms with Gasteiger partial charge in [0.1, 0.15) is 5.82 Å². The molecule has 0 aliphatic rings. The van der Waals surface area contributed by atoms with Crippen molar-refractivity contribution in [1.82, 2.24) is 0 Å². The maximum absolute atomic E-state index is 13.2. The zero-order valence-electron chi connectivity index (χ0n) is 10.6. The lowest BCUT2D eigenvalue weighted by Crippen LogP contribution is -2.19. The summed E-state index contributed by atoms with van der Waals surface area (Å²) in [4.78, 5) is 22.6. The number of anilines is 2. The van der Waals surface area contributed by atoms with Crippen LogP contribution in [0.1, 0.15) is 10.4 Å². The van der Waals surface area contributed by atoms with Crippen LogP contribution in [0.15, 0.2) is 46.9 Å². The second-order valence-corrected chi connectivity index (χ2v) is 5.00.